The van der Waals surface area contributed by atoms with Crippen LogP contribution in [0.15, 0.2) is 30.3 Å². The fourth-order valence-corrected chi connectivity index (χ4v) is 5.23. The number of ether oxygens (including phenoxy) is 1. The average Bonchev–Trinajstić information content (AvgIpc) is 2.80. The van der Waals surface area contributed by atoms with Crippen LogP contribution in [0, 0.1) is 11.6 Å². The number of nitrogens with one attached hydrogen (secondary N) is 1. The Morgan fingerprint density at radius 2 is 1.81 bits per heavy atom. The van der Waals surface area contributed by atoms with Gasteiger partial charge in [-0.3, -0.25) is 14.2 Å². The molecule has 2 aliphatic rings. The van der Waals surface area contributed by atoms with Crippen molar-refractivity contribution >= 4 is 11.7 Å². The number of hydrogen-bond acceptors (Lipinski definition) is 5. The zero-order chi connectivity index (χ0) is 26.9. The normalized spacial score (nSPS) is 20.9. The zero-order valence-corrected chi connectivity index (χ0v) is 20.5. The molecule has 0 aliphatic carbocycles. The number of carbonyl (C=O) groups excluding carboxylic acids is 1. The van der Waals surface area contributed by atoms with Crippen molar-refractivity contribution in [3.8, 4) is 0 Å². The van der Waals surface area contributed by atoms with Gasteiger partial charge in [-0.2, -0.15) is 13.2 Å². The first-order chi connectivity index (χ1) is 17.5. The van der Waals surface area contributed by atoms with Crippen molar-refractivity contribution in [1.82, 2.24) is 9.80 Å². The van der Waals surface area contributed by atoms with E-state index in [1.54, 1.807) is 6.92 Å². The standard InChI is InChI=1S/C26H29F6N3O2/c1-15-8-17-9-16(25(36)37-2)4-5-20(17)24(35(15)14-26(30,31)32)23-21(28)10-18(11-22(23)29)33-19-12-34(13-19)7-3-6-27/h4-5,9-11,15,19,24,33H,3,6-8,12-14H2,1-2H3/t15-,24+/m1/s1. The first-order valence-corrected chi connectivity index (χ1v) is 12.1. The van der Waals surface area contributed by atoms with E-state index in [1.165, 1.54) is 25.3 Å². The van der Waals surface area contributed by atoms with E-state index in [0.717, 1.165) is 17.0 Å². The van der Waals surface area contributed by atoms with Crippen LogP contribution in [0.4, 0.5) is 32.0 Å². The van der Waals surface area contributed by atoms with Crippen LogP contribution in [0.25, 0.3) is 0 Å². The monoisotopic (exact) mass is 529 g/mol. The summed E-state index contributed by atoms with van der Waals surface area (Å²) in [4.78, 5) is 15.0. The summed E-state index contributed by atoms with van der Waals surface area (Å²) in [5.74, 6) is -2.55. The number of rotatable bonds is 8. The fraction of sp³-hybridized carbons (Fsp3) is 0.500. The quantitative estimate of drug-likeness (QED) is 0.381. The molecular formula is C26H29F6N3O2. The summed E-state index contributed by atoms with van der Waals surface area (Å²) in [6, 6.07) is 4.38. The van der Waals surface area contributed by atoms with Crippen molar-refractivity contribution in [2.75, 3.05) is 45.3 Å². The Bertz CT molecular complexity index is 1110. The first kappa shape index (κ1) is 27.3. The third kappa shape index (κ3) is 6.04. The molecule has 0 bridgehead atoms. The van der Waals surface area contributed by atoms with Gasteiger partial charge in [0.25, 0.3) is 0 Å². The van der Waals surface area contributed by atoms with Crippen LogP contribution in [0.5, 0.6) is 0 Å². The van der Waals surface area contributed by atoms with Crippen molar-refractivity contribution in [2.45, 2.75) is 44.1 Å². The molecule has 2 aromatic rings. The predicted molar refractivity (Wildman–Crippen MR) is 126 cm³/mol. The van der Waals surface area contributed by atoms with Crippen LogP contribution in [0.1, 0.15) is 46.4 Å². The Morgan fingerprint density at radius 1 is 1.14 bits per heavy atom. The Labute approximate surface area is 211 Å². The van der Waals surface area contributed by atoms with Gasteiger partial charge < -0.3 is 10.1 Å². The fourth-order valence-electron chi connectivity index (χ4n) is 5.23. The number of alkyl halides is 4. The third-order valence-corrected chi connectivity index (χ3v) is 6.92. The highest BCUT2D eigenvalue weighted by Gasteiger charge is 2.42. The molecule has 0 saturated carbocycles. The van der Waals surface area contributed by atoms with E-state index in [-0.39, 0.29) is 23.7 Å². The Balaban J connectivity index is 1.67. The largest absolute Gasteiger partial charge is 0.465 e. The van der Waals surface area contributed by atoms with Gasteiger partial charge in [0.1, 0.15) is 11.6 Å². The summed E-state index contributed by atoms with van der Waals surface area (Å²) in [6.45, 7) is 1.59. The van der Waals surface area contributed by atoms with Crippen molar-refractivity contribution in [3.05, 3.63) is 64.2 Å². The number of anilines is 1. The number of halogens is 6. The minimum atomic E-state index is -4.59. The van der Waals surface area contributed by atoms with Crippen LogP contribution in [-0.4, -0.2) is 74.0 Å². The molecule has 2 aromatic carbocycles. The number of likely N-dealkylation sites (tertiary alicyclic amines) is 1. The molecule has 0 radical (unpaired) electrons. The molecular weight excluding hydrogens is 500 g/mol. The molecule has 0 amide bonds. The highest BCUT2D eigenvalue weighted by Crippen LogP contribution is 2.42. The van der Waals surface area contributed by atoms with Crippen molar-refractivity contribution in [3.63, 3.8) is 0 Å². The molecule has 0 aromatic heterocycles. The van der Waals surface area contributed by atoms with Gasteiger partial charge in [0.05, 0.1) is 38.0 Å². The van der Waals surface area contributed by atoms with Gasteiger partial charge in [0, 0.05) is 36.9 Å². The highest BCUT2D eigenvalue weighted by molar-refractivity contribution is 5.89. The van der Waals surface area contributed by atoms with Crippen molar-refractivity contribution in [2.24, 2.45) is 0 Å². The number of fused-ring (bicyclic) bond motifs is 1. The molecule has 0 spiro atoms. The number of methoxy groups -OCH3 is 1. The number of esters is 1. The lowest BCUT2D eigenvalue weighted by Crippen LogP contribution is -2.54. The third-order valence-electron chi connectivity index (χ3n) is 6.92. The van der Waals surface area contributed by atoms with Crippen LogP contribution in [0.2, 0.25) is 0 Å². The van der Waals surface area contributed by atoms with Gasteiger partial charge in [0.15, 0.2) is 0 Å². The first-order valence-electron chi connectivity index (χ1n) is 12.1. The molecule has 2 heterocycles. The molecule has 11 heteroatoms. The van der Waals surface area contributed by atoms with E-state index < -0.39 is 54.6 Å². The molecule has 37 heavy (non-hydrogen) atoms. The summed E-state index contributed by atoms with van der Waals surface area (Å²) < 4.78 is 88.6. The molecule has 202 valence electrons. The lowest BCUT2D eigenvalue weighted by Gasteiger charge is -2.43. The molecule has 0 unspecified atom stereocenters. The predicted octanol–water partition coefficient (Wildman–Crippen LogP) is 5.11. The number of nitrogens with zero attached hydrogens (tertiary/aromatic N) is 2. The van der Waals surface area contributed by atoms with Gasteiger partial charge >= 0.3 is 12.1 Å². The SMILES string of the molecule is COC(=O)c1ccc2c(c1)C[C@@H](C)N(CC(F)(F)F)[C@@H]2c1c(F)cc(NC2CN(CCCF)C2)cc1F. The van der Waals surface area contributed by atoms with Crippen LogP contribution < -0.4 is 5.32 Å². The summed E-state index contributed by atoms with van der Waals surface area (Å²) in [7, 11) is 1.21. The van der Waals surface area contributed by atoms with Crippen molar-refractivity contribution < 1.29 is 35.9 Å². The van der Waals surface area contributed by atoms with Gasteiger partial charge in [-0.1, -0.05) is 6.07 Å². The molecule has 1 saturated heterocycles. The second kappa shape index (κ2) is 10.9. The highest BCUT2D eigenvalue weighted by atomic mass is 19.4. The van der Waals surface area contributed by atoms with E-state index in [2.05, 4.69) is 5.32 Å². The number of benzene rings is 2. The van der Waals surface area contributed by atoms with Gasteiger partial charge in [-0.15, -0.1) is 0 Å². The number of hydrogen-bond donors (Lipinski definition) is 1. The average molecular weight is 530 g/mol. The second-order valence-electron chi connectivity index (χ2n) is 9.65. The smallest absolute Gasteiger partial charge is 0.401 e. The maximum absolute atomic E-state index is 15.5. The number of carbonyl (C=O) groups is 1. The molecule has 5 nitrogen and oxygen atoms in total. The lowest BCUT2D eigenvalue weighted by molar-refractivity contribution is -0.155. The van der Waals surface area contributed by atoms with Crippen molar-refractivity contribution in [1.29, 1.82) is 0 Å². The van der Waals surface area contributed by atoms with Gasteiger partial charge in [-0.05, 0) is 55.2 Å². The molecule has 2 atom stereocenters. The van der Waals surface area contributed by atoms with E-state index in [0.29, 0.717) is 37.2 Å². The molecule has 4 rings (SSSR count). The zero-order valence-electron chi connectivity index (χ0n) is 20.5. The maximum atomic E-state index is 15.5. The molecule has 1 N–H and O–H groups in total. The van der Waals surface area contributed by atoms with Crippen LogP contribution in [0.3, 0.4) is 0 Å². The van der Waals surface area contributed by atoms with Gasteiger partial charge in [-0.25, -0.2) is 13.6 Å². The van der Waals surface area contributed by atoms with E-state index in [4.69, 9.17) is 4.74 Å². The van der Waals surface area contributed by atoms with E-state index >= 15 is 8.78 Å². The molecule has 1 fully saturated rings. The summed E-state index contributed by atoms with van der Waals surface area (Å²) in [5.41, 5.74) is 0.740. The minimum Gasteiger partial charge on any atom is -0.465 e. The van der Waals surface area contributed by atoms with Gasteiger partial charge in [0.2, 0.25) is 0 Å². The van der Waals surface area contributed by atoms with Crippen LogP contribution >= 0.6 is 0 Å². The Kier molecular flexibility index (Phi) is 8.03. The van der Waals surface area contributed by atoms with E-state index in [1.807, 2.05) is 4.90 Å². The molecule has 2 aliphatic heterocycles. The second-order valence-corrected chi connectivity index (χ2v) is 9.65. The minimum absolute atomic E-state index is 0.0711. The summed E-state index contributed by atoms with van der Waals surface area (Å²) >= 11 is 0. The Hall–Kier alpha value is -2.79. The summed E-state index contributed by atoms with van der Waals surface area (Å²) in [6.07, 6.45) is -4.01. The Morgan fingerprint density at radius 3 is 2.41 bits per heavy atom. The maximum Gasteiger partial charge on any atom is 0.401 e. The van der Waals surface area contributed by atoms with E-state index in [9.17, 15) is 22.4 Å². The lowest BCUT2D eigenvalue weighted by atomic mass is 9.83. The summed E-state index contributed by atoms with van der Waals surface area (Å²) in [5, 5.41) is 3.04. The topological polar surface area (TPSA) is 44.8 Å². The van der Waals surface area contributed by atoms with Crippen LogP contribution in [-0.2, 0) is 11.2 Å².